The third-order valence-corrected chi connectivity index (χ3v) is 5.18. The largest absolute Gasteiger partial charge is 0.352 e. The fourth-order valence-electron chi connectivity index (χ4n) is 3.43. The van der Waals surface area contributed by atoms with Crippen LogP contribution in [0.15, 0.2) is 53.5 Å². The Kier molecular flexibility index (Phi) is 7.30. The van der Waals surface area contributed by atoms with Gasteiger partial charge in [0, 0.05) is 18.1 Å². The Hall–Kier alpha value is -3.06. The van der Waals surface area contributed by atoms with Crippen LogP contribution in [0.5, 0.6) is 0 Å². The standard InChI is InChI=1S/C23H27FN4O2/c1-3-27(4-2)14-6-13-26-22(29)20-15-18-7-5-12-25-21(18)28(23(20)30)16-17-8-10-19(24)11-9-17/h5,7-12,15H,3-4,6,13-14,16H2,1-2H3,(H,26,29). The summed E-state index contributed by atoms with van der Waals surface area (Å²) in [5, 5.41) is 3.56. The molecule has 0 aliphatic rings. The maximum Gasteiger partial charge on any atom is 0.265 e. The molecule has 0 aliphatic carbocycles. The first kappa shape index (κ1) is 21.6. The molecule has 3 rings (SSSR count). The van der Waals surface area contributed by atoms with Crippen LogP contribution >= 0.6 is 0 Å². The summed E-state index contributed by atoms with van der Waals surface area (Å²) in [4.78, 5) is 32.4. The molecule has 30 heavy (non-hydrogen) atoms. The second-order valence-corrected chi connectivity index (χ2v) is 7.13. The van der Waals surface area contributed by atoms with E-state index in [0.29, 0.717) is 17.6 Å². The predicted octanol–water partition coefficient (Wildman–Crippen LogP) is 3.05. The number of hydrogen-bond donors (Lipinski definition) is 1. The van der Waals surface area contributed by atoms with Crippen molar-refractivity contribution in [1.82, 2.24) is 19.8 Å². The SMILES string of the molecule is CCN(CC)CCCNC(=O)c1cc2cccnc2n(Cc2ccc(F)cc2)c1=O. The number of pyridine rings is 2. The second kappa shape index (κ2) is 10.1. The minimum atomic E-state index is -0.410. The molecule has 0 saturated heterocycles. The first-order chi connectivity index (χ1) is 14.5. The normalized spacial score (nSPS) is 11.2. The van der Waals surface area contributed by atoms with Crippen molar-refractivity contribution in [3.63, 3.8) is 0 Å². The number of carbonyl (C=O) groups is 1. The summed E-state index contributed by atoms with van der Waals surface area (Å²) in [5.41, 5.74) is 0.916. The van der Waals surface area contributed by atoms with Crippen LogP contribution in [0.1, 0.15) is 36.2 Å². The minimum Gasteiger partial charge on any atom is -0.352 e. The molecule has 3 aromatic rings. The van der Waals surface area contributed by atoms with Crippen molar-refractivity contribution in [1.29, 1.82) is 0 Å². The van der Waals surface area contributed by atoms with E-state index in [1.165, 1.54) is 16.7 Å². The Balaban J connectivity index is 1.84. The van der Waals surface area contributed by atoms with Gasteiger partial charge in [0.15, 0.2) is 0 Å². The van der Waals surface area contributed by atoms with Crippen molar-refractivity contribution in [2.45, 2.75) is 26.8 Å². The molecule has 1 amide bonds. The first-order valence-corrected chi connectivity index (χ1v) is 10.3. The number of benzene rings is 1. The second-order valence-electron chi connectivity index (χ2n) is 7.13. The van der Waals surface area contributed by atoms with Gasteiger partial charge in [0.25, 0.3) is 11.5 Å². The van der Waals surface area contributed by atoms with E-state index in [4.69, 9.17) is 0 Å². The van der Waals surface area contributed by atoms with E-state index in [0.717, 1.165) is 31.6 Å². The van der Waals surface area contributed by atoms with E-state index in [-0.39, 0.29) is 17.9 Å². The molecule has 0 saturated carbocycles. The first-order valence-electron chi connectivity index (χ1n) is 10.3. The molecule has 0 spiro atoms. The lowest BCUT2D eigenvalue weighted by atomic mass is 10.1. The average molecular weight is 410 g/mol. The molecule has 0 radical (unpaired) electrons. The Morgan fingerprint density at radius 3 is 2.60 bits per heavy atom. The van der Waals surface area contributed by atoms with Crippen molar-refractivity contribution >= 4 is 16.9 Å². The van der Waals surface area contributed by atoms with E-state index >= 15 is 0 Å². The van der Waals surface area contributed by atoms with Crippen LogP contribution in [-0.2, 0) is 6.54 Å². The Morgan fingerprint density at radius 2 is 1.90 bits per heavy atom. The summed E-state index contributed by atoms with van der Waals surface area (Å²) < 4.78 is 14.7. The number of fused-ring (bicyclic) bond motifs is 1. The highest BCUT2D eigenvalue weighted by Crippen LogP contribution is 2.13. The molecule has 7 heteroatoms. The highest BCUT2D eigenvalue weighted by atomic mass is 19.1. The van der Waals surface area contributed by atoms with Crippen LogP contribution in [0.3, 0.4) is 0 Å². The highest BCUT2D eigenvalue weighted by Gasteiger charge is 2.16. The maximum absolute atomic E-state index is 13.2. The van der Waals surface area contributed by atoms with E-state index < -0.39 is 11.5 Å². The monoisotopic (exact) mass is 410 g/mol. The van der Waals surface area contributed by atoms with E-state index in [2.05, 4.69) is 29.0 Å². The molecule has 2 heterocycles. The maximum atomic E-state index is 13.2. The van der Waals surface area contributed by atoms with Crippen molar-refractivity contribution < 1.29 is 9.18 Å². The molecule has 158 valence electrons. The number of hydrogen-bond acceptors (Lipinski definition) is 4. The third-order valence-electron chi connectivity index (χ3n) is 5.18. The number of halogens is 1. The lowest BCUT2D eigenvalue weighted by molar-refractivity contribution is 0.0950. The van der Waals surface area contributed by atoms with Gasteiger partial charge in [-0.2, -0.15) is 0 Å². The van der Waals surface area contributed by atoms with Gasteiger partial charge in [-0.1, -0.05) is 26.0 Å². The molecule has 0 fully saturated rings. The number of nitrogens with one attached hydrogen (secondary N) is 1. The average Bonchev–Trinajstić information content (AvgIpc) is 2.76. The van der Waals surface area contributed by atoms with Gasteiger partial charge in [-0.3, -0.25) is 14.2 Å². The van der Waals surface area contributed by atoms with Crippen molar-refractivity contribution in [2.24, 2.45) is 0 Å². The third kappa shape index (κ3) is 5.10. The number of aromatic nitrogens is 2. The zero-order valence-electron chi connectivity index (χ0n) is 17.4. The zero-order chi connectivity index (χ0) is 21.5. The molecule has 0 bridgehead atoms. The molecule has 0 unspecified atom stereocenters. The Bertz CT molecular complexity index is 1060. The fraction of sp³-hybridized carbons (Fsp3) is 0.348. The summed E-state index contributed by atoms with van der Waals surface area (Å²) in [6, 6.07) is 11.1. The van der Waals surface area contributed by atoms with E-state index in [1.807, 2.05) is 6.07 Å². The molecular formula is C23H27FN4O2. The van der Waals surface area contributed by atoms with Crippen molar-refractivity contribution in [2.75, 3.05) is 26.2 Å². The van der Waals surface area contributed by atoms with Crippen LogP contribution < -0.4 is 10.9 Å². The summed E-state index contributed by atoms with van der Waals surface area (Å²) in [5.74, 6) is -0.731. The van der Waals surface area contributed by atoms with Gasteiger partial charge in [0.05, 0.1) is 6.54 Å². The lowest BCUT2D eigenvalue weighted by Gasteiger charge is -2.17. The molecule has 0 aliphatic heterocycles. The van der Waals surface area contributed by atoms with Gasteiger partial charge < -0.3 is 10.2 Å². The number of amides is 1. The van der Waals surface area contributed by atoms with Crippen LogP contribution in [-0.4, -0.2) is 46.5 Å². The van der Waals surface area contributed by atoms with Gasteiger partial charge in [0.1, 0.15) is 17.0 Å². The molecule has 1 aromatic carbocycles. The van der Waals surface area contributed by atoms with Crippen LogP contribution in [0.25, 0.3) is 11.0 Å². The molecule has 0 atom stereocenters. The summed E-state index contributed by atoms with van der Waals surface area (Å²) >= 11 is 0. The summed E-state index contributed by atoms with van der Waals surface area (Å²) in [7, 11) is 0. The molecule has 6 nitrogen and oxygen atoms in total. The van der Waals surface area contributed by atoms with Crippen LogP contribution in [0, 0.1) is 5.82 Å². The van der Waals surface area contributed by atoms with Gasteiger partial charge >= 0.3 is 0 Å². The van der Waals surface area contributed by atoms with Gasteiger partial charge in [0.2, 0.25) is 0 Å². The minimum absolute atomic E-state index is 0.0838. The molecule has 2 aromatic heterocycles. The number of rotatable bonds is 9. The number of carbonyl (C=O) groups excluding carboxylic acids is 1. The highest BCUT2D eigenvalue weighted by molar-refractivity contribution is 5.96. The lowest BCUT2D eigenvalue weighted by Crippen LogP contribution is -2.35. The molecule has 1 N–H and O–H groups in total. The summed E-state index contributed by atoms with van der Waals surface area (Å²) in [6.07, 6.45) is 2.42. The van der Waals surface area contributed by atoms with Crippen molar-refractivity contribution in [3.8, 4) is 0 Å². The predicted molar refractivity (Wildman–Crippen MR) is 116 cm³/mol. The fourth-order valence-corrected chi connectivity index (χ4v) is 3.43. The van der Waals surface area contributed by atoms with Crippen LogP contribution in [0.4, 0.5) is 4.39 Å². The topological polar surface area (TPSA) is 67.2 Å². The van der Waals surface area contributed by atoms with Crippen molar-refractivity contribution in [3.05, 3.63) is 76.0 Å². The van der Waals surface area contributed by atoms with Gasteiger partial charge in [-0.25, -0.2) is 9.37 Å². The quantitative estimate of drug-likeness (QED) is 0.551. The zero-order valence-corrected chi connectivity index (χ0v) is 17.4. The van der Waals surface area contributed by atoms with Gasteiger partial charge in [-0.05, 0) is 62.0 Å². The van der Waals surface area contributed by atoms with Crippen LogP contribution in [0.2, 0.25) is 0 Å². The summed E-state index contributed by atoms with van der Waals surface area (Å²) in [6.45, 7) is 7.74. The van der Waals surface area contributed by atoms with E-state index in [9.17, 15) is 14.0 Å². The smallest absolute Gasteiger partial charge is 0.265 e. The van der Waals surface area contributed by atoms with E-state index in [1.54, 1.807) is 30.5 Å². The Morgan fingerprint density at radius 1 is 1.17 bits per heavy atom. The molecular weight excluding hydrogens is 383 g/mol. The number of nitrogens with zero attached hydrogens (tertiary/aromatic N) is 3. The van der Waals surface area contributed by atoms with Gasteiger partial charge in [-0.15, -0.1) is 0 Å². The Labute approximate surface area is 175 Å².